The first kappa shape index (κ1) is 10.3. The van der Waals surface area contributed by atoms with E-state index >= 15 is 0 Å². The molecule has 0 heterocycles. The minimum absolute atomic E-state index is 0.372. The SMILES string of the molecule is O=C(OOC(Cl)Cl)c1ccccc1. The Bertz CT molecular complexity index is 274. The molecule has 0 N–H and O–H groups in total. The third-order valence-corrected chi connectivity index (χ3v) is 1.35. The van der Waals surface area contributed by atoms with Crippen molar-refractivity contribution in [3.05, 3.63) is 35.9 Å². The van der Waals surface area contributed by atoms with Crippen molar-refractivity contribution in [2.24, 2.45) is 0 Å². The number of hydrogen-bond donors (Lipinski definition) is 0. The third kappa shape index (κ3) is 3.63. The van der Waals surface area contributed by atoms with Gasteiger partial charge < -0.3 is 0 Å². The number of alkyl halides is 2. The molecule has 0 aliphatic rings. The van der Waals surface area contributed by atoms with Gasteiger partial charge in [0.1, 0.15) is 0 Å². The summed E-state index contributed by atoms with van der Waals surface area (Å²) in [6.45, 7) is 0. The zero-order valence-corrected chi connectivity index (χ0v) is 7.96. The molecule has 5 heteroatoms. The van der Waals surface area contributed by atoms with Gasteiger partial charge in [-0.25, -0.2) is 4.79 Å². The summed E-state index contributed by atoms with van der Waals surface area (Å²) in [5.41, 5.74) is 0.372. The predicted octanol–water partition coefficient (Wildman–Crippen LogP) is 2.54. The Morgan fingerprint density at radius 3 is 2.38 bits per heavy atom. The molecule has 1 aromatic carbocycles. The molecule has 1 rings (SSSR count). The summed E-state index contributed by atoms with van der Waals surface area (Å²) < 4.78 is 0. The van der Waals surface area contributed by atoms with Crippen LogP contribution in [0.5, 0.6) is 0 Å². The molecule has 0 unspecified atom stereocenters. The first-order valence-electron chi connectivity index (χ1n) is 3.41. The van der Waals surface area contributed by atoms with Gasteiger partial charge in [-0.3, -0.25) is 4.89 Å². The highest BCUT2D eigenvalue weighted by Crippen LogP contribution is 2.07. The van der Waals surface area contributed by atoms with Gasteiger partial charge in [0.15, 0.2) is 0 Å². The van der Waals surface area contributed by atoms with E-state index in [0.717, 1.165) is 0 Å². The van der Waals surface area contributed by atoms with E-state index in [0.29, 0.717) is 5.56 Å². The molecular weight excluding hydrogens is 215 g/mol. The monoisotopic (exact) mass is 220 g/mol. The molecule has 0 saturated carbocycles. The lowest BCUT2D eigenvalue weighted by Gasteiger charge is -2.02. The Labute approximate surface area is 85.1 Å². The molecule has 0 radical (unpaired) electrons. The zero-order chi connectivity index (χ0) is 9.68. The second kappa shape index (κ2) is 5.07. The van der Waals surface area contributed by atoms with Crippen LogP contribution in [0.3, 0.4) is 0 Å². The fourth-order valence-electron chi connectivity index (χ4n) is 0.702. The molecule has 13 heavy (non-hydrogen) atoms. The zero-order valence-electron chi connectivity index (χ0n) is 6.44. The Kier molecular flexibility index (Phi) is 4.02. The summed E-state index contributed by atoms with van der Waals surface area (Å²) >= 11 is 10.4. The highest BCUT2D eigenvalue weighted by molar-refractivity contribution is 6.43. The molecule has 0 atom stereocenters. The molecule has 1 aromatic rings. The Hall–Kier alpha value is -0.770. The molecule has 0 aliphatic heterocycles. The van der Waals surface area contributed by atoms with Crippen molar-refractivity contribution in [3.63, 3.8) is 0 Å². The van der Waals surface area contributed by atoms with Crippen molar-refractivity contribution < 1.29 is 14.6 Å². The van der Waals surface area contributed by atoms with Crippen LogP contribution in [0.1, 0.15) is 10.4 Å². The average Bonchev–Trinajstić information content (AvgIpc) is 2.15. The van der Waals surface area contributed by atoms with Gasteiger partial charge in [-0.05, 0) is 12.1 Å². The average molecular weight is 221 g/mol. The lowest BCUT2D eigenvalue weighted by molar-refractivity contribution is -0.235. The van der Waals surface area contributed by atoms with Crippen LogP contribution < -0.4 is 0 Å². The molecule has 0 aromatic heterocycles. The lowest BCUT2D eigenvalue weighted by atomic mass is 10.2. The Morgan fingerprint density at radius 2 is 1.85 bits per heavy atom. The number of halogens is 2. The maximum absolute atomic E-state index is 11.1. The molecule has 70 valence electrons. The van der Waals surface area contributed by atoms with Gasteiger partial charge in [0, 0.05) is 0 Å². The Balaban J connectivity index is 2.50. The van der Waals surface area contributed by atoms with E-state index in [1.807, 2.05) is 0 Å². The maximum Gasteiger partial charge on any atom is 0.373 e. The van der Waals surface area contributed by atoms with Crippen molar-refractivity contribution in [2.75, 3.05) is 0 Å². The van der Waals surface area contributed by atoms with Crippen LogP contribution in [0.4, 0.5) is 0 Å². The third-order valence-electron chi connectivity index (χ3n) is 1.21. The fourth-order valence-corrected chi connectivity index (χ4v) is 0.775. The van der Waals surface area contributed by atoms with Gasteiger partial charge >= 0.3 is 5.97 Å². The molecule has 0 amide bonds. The topological polar surface area (TPSA) is 35.5 Å². The molecule has 0 saturated heterocycles. The second-order valence-electron chi connectivity index (χ2n) is 2.09. The normalized spacial score (nSPS) is 10.1. The van der Waals surface area contributed by atoms with Gasteiger partial charge in [0.25, 0.3) is 5.02 Å². The van der Waals surface area contributed by atoms with Gasteiger partial charge in [-0.15, -0.1) is 4.89 Å². The summed E-state index contributed by atoms with van der Waals surface area (Å²) in [6, 6.07) is 8.36. The summed E-state index contributed by atoms with van der Waals surface area (Å²) in [4.78, 5) is 19.6. The number of benzene rings is 1. The van der Waals surface area contributed by atoms with E-state index < -0.39 is 11.0 Å². The Morgan fingerprint density at radius 1 is 1.23 bits per heavy atom. The first-order valence-corrected chi connectivity index (χ1v) is 4.28. The van der Waals surface area contributed by atoms with E-state index in [4.69, 9.17) is 23.2 Å². The van der Waals surface area contributed by atoms with Crippen molar-refractivity contribution >= 4 is 29.2 Å². The summed E-state index contributed by atoms with van der Waals surface area (Å²) in [7, 11) is 0. The summed E-state index contributed by atoms with van der Waals surface area (Å²) in [5, 5.41) is -1.17. The van der Waals surface area contributed by atoms with Gasteiger partial charge in [0.05, 0.1) is 5.56 Å². The van der Waals surface area contributed by atoms with Gasteiger partial charge in [0.2, 0.25) is 0 Å². The van der Waals surface area contributed by atoms with Crippen LogP contribution in [0, 0.1) is 0 Å². The number of carbonyl (C=O) groups is 1. The van der Waals surface area contributed by atoms with Crippen LogP contribution in [-0.4, -0.2) is 11.0 Å². The fraction of sp³-hybridized carbons (Fsp3) is 0.125. The molecule has 3 nitrogen and oxygen atoms in total. The predicted molar refractivity (Wildman–Crippen MR) is 48.4 cm³/mol. The second-order valence-corrected chi connectivity index (χ2v) is 3.11. The highest BCUT2D eigenvalue weighted by Gasteiger charge is 2.09. The summed E-state index contributed by atoms with van der Waals surface area (Å²) in [6.07, 6.45) is 0. The quantitative estimate of drug-likeness (QED) is 0.447. The minimum atomic E-state index is -1.17. The van der Waals surface area contributed by atoms with Crippen LogP contribution in [0.2, 0.25) is 0 Å². The van der Waals surface area contributed by atoms with Crippen molar-refractivity contribution in [2.45, 2.75) is 5.02 Å². The number of rotatable bonds is 3. The first-order chi connectivity index (χ1) is 6.20. The largest absolute Gasteiger partial charge is 0.373 e. The van der Waals surface area contributed by atoms with Gasteiger partial charge in [-0.2, -0.15) is 0 Å². The molecule has 0 bridgehead atoms. The molecule has 0 fully saturated rings. The van der Waals surface area contributed by atoms with Crippen LogP contribution in [0.15, 0.2) is 30.3 Å². The van der Waals surface area contributed by atoms with Crippen LogP contribution in [0.25, 0.3) is 0 Å². The van der Waals surface area contributed by atoms with Crippen LogP contribution in [-0.2, 0) is 9.78 Å². The minimum Gasteiger partial charge on any atom is -0.290 e. The van der Waals surface area contributed by atoms with E-state index in [2.05, 4.69) is 9.78 Å². The number of carbonyl (C=O) groups excluding carboxylic acids is 1. The van der Waals surface area contributed by atoms with E-state index in [9.17, 15) is 4.79 Å². The van der Waals surface area contributed by atoms with E-state index in [1.54, 1.807) is 30.3 Å². The number of hydrogen-bond acceptors (Lipinski definition) is 3. The van der Waals surface area contributed by atoms with Crippen molar-refractivity contribution in [3.8, 4) is 0 Å². The van der Waals surface area contributed by atoms with Crippen LogP contribution >= 0.6 is 23.2 Å². The van der Waals surface area contributed by atoms with E-state index in [-0.39, 0.29) is 0 Å². The smallest absolute Gasteiger partial charge is 0.290 e. The van der Waals surface area contributed by atoms with Crippen molar-refractivity contribution in [1.82, 2.24) is 0 Å². The van der Waals surface area contributed by atoms with Crippen molar-refractivity contribution in [1.29, 1.82) is 0 Å². The molecular formula is C8H6Cl2O3. The van der Waals surface area contributed by atoms with E-state index in [1.165, 1.54) is 0 Å². The standard InChI is InChI=1S/C8H6Cl2O3/c9-8(10)13-12-7(11)6-4-2-1-3-5-6/h1-5,8H. The molecule has 0 spiro atoms. The maximum atomic E-state index is 11.1. The molecule has 0 aliphatic carbocycles. The highest BCUT2D eigenvalue weighted by atomic mass is 35.5. The van der Waals surface area contributed by atoms with Gasteiger partial charge in [-0.1, -0.05) is 41.4 Å². The lowest BCUT2D eigenvalue weighted by Crippen LogP contribution is -2.07. The summed E-state index contributed by atoms with van der Waals surface area (Å²) in [5.74, 6) is -0.633.